The maximum absolute atomic E-state index is 13.6. The summed E-state index contributed by atoms with van der Waals surface area (Å²) in [5.74, 6) is -1.33. The van der Waals surface area contributed by atoms with Gasteiger partial charge in [0.25, 0.3) is 0 Å². The second kappa shape index (κ2) is 8.86. The normalized spacial score (nSPS) is 16.7. The number of aryl methyl sites for hydroxylation is 1. The van der Waals surface area contributed by atoms with Crippen molar-refractivity contribution in [3.8, 4) is 0 Å². The van der Waals surface area contributed by atoms with E-state index in [2.05, 4.69) is 6.58 Å². The first kappa shape index (κ1) is 20.5. The maximum Gasteiger partial charge on any atom is 0.336 e. The Labute approximate surface area is 170 Å². The third kappa shape index (κ3) is 4.62. The Balaban J connectivity index is 2.01. The zero-order chi connectivity index (χ0) is 21.0. The molecular weight excluding hydrogens is 369 g/mol. The lowest BCUT2D eigenvalue weighted by Gasteiger charge is -2.34. The number of carbonyl (C=O) groups is 2. The van der Waals surface area contributed by atoms with Gasteiger partial charge in [-0.1, -0.05) is 54.6 Å². The van der Waals surface area contributed by atoms with Gasteiger partial charge >= 0.3 is 5.97 Å². The molecule has 1 atom stereocenters. The molecule has 0 spiro atoms. The first-order chi connectivity index (χ1) is 13.9. The second-order valence-corrected chi connectivity index (χ2v) is 7.16. The van der Waals surface area contributed by atoms with Crippen LogP contribution in [0.2, 0.25) is 0 Å². The zero-order valence-electron chi connectivity index (χ0n) is 16.7. The summed E-state index contributed by atoms with van der Waals surface area (Å²) in [5.41, 5.74) is 3.63. The molecule has 3 rings (SSSR count). The number of benzene rings is 2. The molecule has 1 aliphatic rings. The number of nitrogens with zero attached hydrogens (tertiary/aromatic N) is 1. The zero-order valence-corrected chi connectivity index (χ0v) is 16.7. The smallest absolute Gasteiger partial charge is 0.336 e. The quantitative estimate of drug-likeness (QED) is 0.530. The molecule has 29 heavy (non-hydrogen) atoms. The topological polar surface area (TPSA) is 46.6 Å². The van der Waals surface area contributed by atoms with Crippen molar-refractivity contribution in [2.45, 2.75) is 32.7 Å². The standard InChI is InChI=1S/C24H24FNO3/c1-4-12-29-24(28)23-17(3)26(15-18-6-5-7-20(25)13-18)22(27)14-21(23)19-10-8-16(2)9-11-19/h4-11,13,21H,1,12,14-15H2,2-3H3. The van der Waals surface area contributed by atoms with E-state index in [9.17, 15) is 14.0 Å². The van der Waals surface area contributed by atoms with Crippen LogP contribution in [-0.4, -0.2) is 23.4 Å². The lowest BCUT2D eigenvalue weighted by atomic mass is 9.83. The molecule has 1 unspecified atom stereocenters. The van der Waals surface area contributed by atoms with Crippen LogP contribution in [-0.2, 0) is 20.9 Å². The van der Waals surface area contributed by atoms with Crippen molar-refractivity contribution in [2.24, 2.45) is 0 Å². The summed E-state index contributed by atoms with van der Waals surface area (Å²) in [6.07, 6.45) is 1.65. The number of halogens is 1. The molecule has 1 heterocycles. The molecule has 0 aliphatic carbocycles. The first-order valence-corrected chi connectivity index (χ1v) is 9.51. The molecule has 0 saturated heterocycles. The van der Waals surface area contributed by atoms with E-state index >= 15 is 0 Å². The highest BCUT2D eigenvalue weighted by atomic mass is 19.1. The van der Waals surface area contributed by atoms with E-state index in [1.807, 2.05) is 31.2 Å². The average Bonchev–Trinajstić information content (AvgIpc) is 2.69. The van der Waals surface area contributed by atoms with E-state index in [1.54, 1.807) is 19.1 Å². The van der Waals surface area contributed by atoms with Gasteiger partial charge in [0.1, 0.15) is 12.4 Å². The highest BCUT2D eigenvalue weighted by Crippen LogP contribution is 2.37. The molecule has 1 aliphatic heterocycles. The van der Waals surface area contributed by atoms with Crippen LogP contribution in [0.25, 0.3) is 0 Å². The summed E-state index contributed by atoms with van der Waals surface area (Å²) < 4.78 is 18.9. The van der Waals surface area contributed by atoms with Gasteiger partial charge in [0.2, 0.25) is 5.91 Å². The summed E-state index contributed by atoms with van der Waals surface area (Å²) in [6, 6.07) is 13.9. The van der Waals surface area contributed by atoms with E-state index < -0.39 is 5.97 Å². The maximum atomic E-state index is 13.6. The van der Waals surface area contributed by atoms with E-state index in [1.165, 1.54) is 23.1 Å². The predicted molar refractivity (Wildman–Crippen MR) is 109 cm³/mol. The summed E-state index contributed by atoms with van der Waals surface area (Å²) in [6.45, 7) is 7.59. The Bertz CT molecular complexity index is 962. The number of allylic oxidation sites excluding steroid dienone is 1. The molecule has 2 aromatic carbocycles. The van der Waals surface area contributed by atoms with Crippen molar-refractivity contribution in [3.63, 3.8) is 0 Å². The fraction of sp³-hybridized carbons (Fsp3) is 0.250. The van der Waals surface area contributed by atoms with Crippen molar-refractivity contribution in [1.82, 2.24) is 4.90 Å². The summed E-state index contributed by atoms with van der Waals surface area (Å²) >= 11 is 0. The van der Waals surface area contributed by atoms with Gasteiger partial charge in [0.15, 0.2) is 0 Å². The van der Waals surface area contributed by atoms with Crippen LogP contribution in [0.5, 0.6) is 0 Å². The third-order valence-electron chi connectivity index (χ3n) is 5.08. The molecule has 150 valence electrons. The van der Waals surface area contributed by atoms with Crippen molar-refractivity contribution < 1.29 is 18.7 Å². The van der Waals surface area contributed by atoms with Gasteiger partial charge in [-0.25, -0.2) is 9.18 Å². The number of esters is 1. The fourth-order valence-corrected chi connectivity index (χ4v) is 3.58. The van der Waals surface area contributed by atoms with Crippen molar-refractivity contribution >= 4 is 11.9 Å². The van der Waals surface area contributed by atoms with Gasteiger partial charge in [0.05, 0.1) is 12.1 Å². The lowest BCUT2D eigenvalue weighted by molar-refractivity contribution is -0.139. The summed E-state index contributed by atoms with van der Waals surface area (Å²) in [7, 11) is 0. The molecule has 0 aromatic heterocycles. The minimum Gasteiger partial charge on any atom is -0.458 e. The van der Waals surface area contributed by atoms with Crippen LogP contribution in [0.4, 0.5) is 4.39 Å². The minimum absolute atomic E-state index is 0.0913. The van der Waals surface area contributed by atoms with Crippen molar-refractivity contribution in [2.75, 3.05) is 6.61 Å². The van der Waals surface area contributed by atoms with Gasteiger partial charge in [0, 0.05) is 18.0 Å². The Kier molecular flexibility index (Phi) is 6.27. The minimum atomic E-state index is -0.468. The Morgan fingerprint density at radius 1 is 1.24 bits per heavy atom. The Morgan fingerprint density at radius 3 is 2.62 bits per heavy atom. The highest BCUT2D eigenvalue weighted by molar-refractivity contribution is 5.95. The van der Waals surface area contributed by atoms with Crippen molar-refractivity contribution in [3.05, 3.63) is 95.0 Å². The van der Waals surface area contributed by atoms with Gasteiger partial charge in [-0.15, -0.1) is 0 Å². The largest absolute Gasteiger partial charge is 0.458 e. The monoisotopic (exact) mass is 393 g/mol. The van der Waals surface area contributed by atoms with Crippen LogP contribution in [0.1, 0.15) is 36.0 Å². The SMILES string of the molecule is C=CCOC(=O)C1=C(C)N(Cc2cccc(F)c2)C(=O)CC1c1ccc(C)cc1. The number of amides is 1. The van der Waals surface area contributed by atoms with Gasteiger partial charge in [-0.2, -0.15) is 0 Å². The van der Waals surface area contributed by atoms with E-state index in [4.69, 9.17) is 4.74 Å². The molecule has 0 fully saturated rings. The van der Waals surface area contributed by atoms with E-state index in [0.717, 1.165) is 11.1 Å². The average molecular weight is 393 g/mol. The molecule has 0 saturated carbocycles. The van der Waals surface area contributed by atoms with Gasteiger partial charge in [-0.05, 0) is 37.1 Å². The van der Waals surface area contributed by atoms with Gasteiger partial charge in [-0.3, -0.25) is 4.79 Å². The summed E-state index contributed by atoms with van der Waals surface area (Å²) in [5, 5.41) is 0. The molecule has 1 amide bonds. The fourth-order valence-electron chi connectivity index (χ4n) is 3.58. The van der Waals surface area contributed by atoms with E-state index in [0.29, 0.717) is 16.8 Å². The highest BCUT2D eigenvalue weighted by Gasteiger charge is 2.36. The van der Waals surface area contributed by atoms with Crippen LogP contribution < -0.4 is 0 Å². The number of carbonyl (C=O) groups excluding carboxylic acids is 2. The Morgan fingerprint density at radius 2 is 1.97 bits per heavy atom. The molecule has 0 bridgehead atoms. The number of hydrogen-bond donors (Lipinski definition) is 0. The molecule has 2 aromatic rings. The van der Waals surface area contributed by atoms with E-state index in [-0.39, 0.29) is 37.2 Å². The third-order valence-corrected chi connectivity index (χ3v) is 5.08. The lowest BCUT2D eigenvalue weighted by Crippen LogP contribution is -2.38. The van der Waals surface area contributed by atoms with Crippen LogP contribution >= 0.6 is 0 Å². The first-order valence-electron chi connectivity index (χ1n) is 9.51. The van der Waals surface area contributed by atoms with Gasteiger partial charge < -0.3 is 9.64 Å². The number of hydrogen-bond acceptors (Lipinski definition) is 3. The van der Waals surface area contributed by atoms with Crippen LogP contribution in [0.15, 0.2) is 72.5 Å². The molecule has 0 radical (unpaired) electrons. The van der Waals surface area contributed by atoms with Crippen LogP contribution in [0.3, 0.4) is 0 Å². The second-order valence-electron chi connectivity index (χ2n) is 7.16. The number of ether oxygens (including phenoxy) is 1. The summed E-state index contributed by atoms with van der Waals surface area (Å²) in [4.78, 5) is 27.3. The molecule has 0 N–H and O–H groups in total. The predicted octanol–water partition coefficient (Wildman–Crippen LogP) is 4.65. The number of rotatable bonds is 6. The van der Waals surface area contributed by atoms with Crippen molar-refractivity contribution in [1.29, 1.82) is 0 Å². The Hall–Kier alpha value is -3.21. The molecule has 4 nitrogen and oxygen atoms in total. The molecule has 5 heteroatoms. The van der Waals surface area contributed by atoms with Crippen LogP contribution in [0, 0.1) is 12.7 Å². The molecular formula is C24H24FNO3.